The highest BCUT2D eigenvalue weighted by Crippen LogP contribution is 2.25. The summed E-state index contributed by atoms with van der Waals surface area (Å²) in [5.74, 6) is 0.451. The van der Waals surface area contributed by atoms with E-state index in [4.69, 9.17) is 4.74 Å². The van der Waals surface area contributed by atoms with Crippen LogP contribution in [-0.4, -0.2) is 73.4 Å². The Hall–Kier alpha value is -0.650. The van der Waals surface area contributed by atoms with Crippen LogP contribution in [0.3, 0.4) is 0 Å². The van der Waals surface area contributed by atoms with Crippen molar-refractivity contribution in [2.75, 3.05) is 52.5 Å². The third kappa shape index (κ3) is 4.72. The van der Waals surface area contributed by atoms with Gasteiger partial charge in [0.2, 0.25) is 5.91 Å². The highest BCUT2D eigenvalue weighted by atomic mass is 16.5. The number of aliphatic hydroxyl groups is 1. The molecule has 1 aliphatic carbocycles. The molecule has 1 aliphatic heterocycles. The van der Waals surface area contributed by atoms with Gasteiger partial charge in [0.15, 0.2) is 0 Å². The van der Waals surface area contributed by atoms with Gasteiger partial charge >= 0.3 is 0 Å². The monoisotopic (exact) mass is 284 g/mol. The van der Waals surface area contributed by atoms with Gasteiger partial charge in [-0.15, -0.1) is 0 Å². The van der Waals surface area contributed by atoms with Gasteiger partial charge in [0.05, 0.1) is 19.8 Å². The fraction of sp³-hybridized carbons (Fsp3) is 0.933. The normalized spacial score (nSPS) is 21.9. The number of ether oxygens (including phenoxy) is 1. The molecule has 20 heavy (non-hydrogen) atoms. The molecule has 1 heterocycles. The number of carbonyl (C=O) groups excluding carboxylic acids is 1. The van der Waals surface area contributed by atoms with E-state index in [0.29, 0.717) is 6.54 Å². The molecule has 0 atom stereocenters. The van der Waals surface area contributed by atoms with Crippen molar-refractivity contribution in [2.45, 2.75) is 32.1 Å². The van der Waals surface area contributed by atoms with Gasteiger partial charge in [-0.3, -0.25) is 9.69 Å². The zero-order valence-corrected chi connectivity index (χ0v) is 12.4. The number of hydrogen-bond donors (Lipinski definition) is 1. The summed E-state index contributed by atoms with van der Waals surface area (Å²) in [5, 5.41) is 9.19. The summed E-state index contributed by atoms with van der Waals surface area (Å²) in [4.78, 5) is 16.7. The third-order valence-corrected chi connectivity index (χ3v) is 4.43. The molecule has 0 bridgehead atoms. The molecule has 1 saturated carbocycles. The Kier molecular flexibility index (Phi) is 6.76. The highest BCUT2D eigenvalue weighted by molar-refractivity contribution is 5.78. The molecule has 1 amide bonds. The maximum Gasteiger partial charge on any atom is 0.225 e. The van der Waals surface area contributed by atoms with Crippen LogP contribution in [0.2, 0.25) is 0 Å². The van der Waals surface area contributed by atoms with Gasteiger partial charge < -0.3 is 14.7 Å². The average molecular weight is 284 g/mol. The summed E-state index contributed by atoms with van der Waals surface area (Å²) < 4.78 is 5.33. The molecule has 2 aliphatic rings. The minimum atomic E-state index is 0.0571. The third-order valence-electron chi connectivity index (χ3n) is 4.43. The summed E-state index contributed by atoms with van der Waals surface area (Å²) in [7, 11) is 0. The van der Waals surface area contributed by atoms with E-state index in [1.165, 1.54) is 19.3 Å². The van der Waals surface area contributed by atoms with Crippen LogP contribution in [0.5, 0.6) is 0 Å². The van der Waals surface area contributed by atoms with E-state index >= 15 is 0 Å². The first-order valence-electron chi connectivity index (χ1n) is 8.01. The fourth-order valence-corrected chi connectivity index (χ4v) is 3.15. The number of morpholine rings is 1. The molecular weight excluding hydrogens is 256 g/mol. The lowest BCUT2D eigenvalue weighted by Crippen LogP contribution is -2.45. The second kappa shape index (κ2) is 8.60. The summed E-state index contributed by atoms with van der Waals surface area (Å²) in [6, 6.07) is 0. The molecule has 2 rings (SSSR count). The Bertz CT molecular complexity index is 287. The quantitative estimate of drug-likeness (QED) is 0.781. The molecule has 0 radical (unpaired) electrons. The van der Waals surface area contributed by atoms with Crippen molar-refractivity contribution in [3.05, 3.63) is 0 Å². The molecule has 1 saturated heterocycles. The summed E-state index contributed by atoms with van der Waals surface area (Å²) in [6.45, 7) is 5.63. The van der Waals surface area contributed by atoms with Crippen LogP contribution in [0.4, 0.5) is 0 Å². The topological polar surface area (TPSA) is 53.0 Å². The first-order valence-corrected chi connectivity index (χ1v) is 8.01. The maximum atomic E-state index is 12.5. The van der Waals surface area contributed by atoms with Gasteiger partial charge in [-0.25, -0.2) is 0 Å². The average Bonchev–Trinajstić information content (AvgIpc) is 2.52. The van der Waals surface area contributed by atoms with Crippen molar-refractivity contribution in [3.63, 3.8) is 0 Å². The molecule has 5 nitrogen and oxygen atoms in total. The van der Waals surface area contributed by atoms with E-state index in [-0.39, 0.29) is 18.4 Å². The van der Waals surface area contributed by atoms with Crippen molar-refractivity contribution in [2.24, 2.45) is 5.92 Å². The lowest BCUT2D eigenvalue weighted by molar-refractivity contribution is -0.137. The van der Waals surface area contributed by atoms with Crippen LogP contribution < -0.4 is 0 Å². The van der Waals surface area contributed by atoms with Gasteiger partial charge in [0.1, 0.15) is 0 Å². The zero-order chi connectivity index (χ0) is 14.2. The molecule has 5 heteroatoms. The minimum Gasteiger partial charge on any atom is -0.395 e. The largest absolute Gasteiger partial charge is 0.395 e. The van der Waals surface area contributed by atoms with E-state index in [2.05, 4.69) is 4.90 Å². The SMILES string of the molecule is O=C(C1CCCCC1)N(CCO)CCN1CCOCC1. The Morgan fingerprint density at radius 2 is 1.85 bits per heavy atom. The molecular formula is C15H28N2O3. The van der Waals surface area contributed by atoms with Gasteiger partial charge in [-0.05, 0) is 12.8 Å². The number of hydrogen-bond acceptors (Lipinski definition) is 4. The Balaban J connectivity index is 1.80. The first kappa shape index (κ1) is 15.7. The van der Waals surface area contributed by atoms with Crippen molar-refractivity contribution >= 4 is 5.91 Å². The van der Waals surface area contributed by atoms with E-state index in [1.54, 1.807) is 0 Å². The molecule has 0 spiro atoms. The van der Waals surface area contributed by atoms with Gasteiger partial charge in [0.25, 0.3) is 0 Å². The van der Waals surface area contributed by atoms with E-state index in [1.807, 2.05) is 4.90 Å². The van der Waals surface area contributed by atoms with Crippen LogP contribution in [-0.2, 0) is 9.53 Å². The van der Waals surface area contributed by atoms with E-state index in [0.717, 1.165) is 52.2 Å². The number of amides is 1. The standard InChI is InChI=1S/C15H28N2O3/c18-11-8-17(7-6-16-9-12-20-13-10-16)15(19)14-4-2-1-3-5-14/h14,18H,1-13H2. The van der Waals surface area contributed by atoms with Crippen molar-refractivity contribution in [1.29, 1.82) is 0 Å². The fourth-order valence-electron chi connectivity index (χ4n) is 3.15. The molecule has 0 aromatic rings. The Morgan fingerprint density at radius 3 is 2.50 bits per heavy atom. The molecule has 0 aromatic carbocycles. The molecule has 0 unspecified atom stereocenters. The van der Waals surface area contributed by atoms with Crippen molar-refractivity contribution < 1.29 is 14.6 Å². The number of aliphatic hydroxyl groups excluding tert-OH is 1. The summed E-state index contributed by atoms with van der Waals surface area (Å²) in [6.07, 6.45) is 5.66. The van der Waals surface area contributed by atoms with E-state index < -0.39 is 0 Å². The predicted octanol–water partition coefficient (Wildman–Crippen LogP) is 0.720. The lowest BCUT2D eigenvalue weighted by atomic mass is 9.88. The van der Waals surface area contributed by atoms with Crippen molar-refractivity contribution in [3.8, 4) is 0 Å². The van der Waals surface area contributed by atoms with Crippen LogP contribution in [0.25, 0.3) is 0 Å². The molecule has 2 fully saturated rings. The number of carbonyl (C=O) groups is 1. The summed E-state index contributed by atoms with van der Waals surface area (Å²) in [5.41, 5.74) is 0. The molecule has 1 N–H and O–H groups in total. The second-order valence-corrected chi connectivity index (χ2v) is 5.84. The maximum absolute atomic E-state index is 12.5. The number of rotatable bonds is 6. The minimum absolute atomic E-state index is 0.0571. The van der Waals surface area contributed by atoms with Gasteiger partial charge in [0, 0.05) is 38.6 Å². The van der Waals surface area contributed by atoms with Crippen LogP contribution in [0.15, 0.2) is 0 Å². The Morgan fingerprint density at radius 1 is 1.15 bits per heavy atom. The van der Waals surface area contributed by atoms with Crippen molar-refractivity contribution in [1.82, 2.24) is 9.80 Å². The predicted molar refractivity (Wildman–Crippen MR) is 77.5 cm³/mol. The second-order valence-electron chi connectivity index (χ2n) is 5.84. The smallest absolute Gasteiger partial charge is 0.225 e. The van der Waals surface area contributed by atoms with Gasteiger partial charge in [-0.1, -0.05) is 19.3 Å². The highest BCUT2D eigenvalue weighted by Gasteiger charge is 2.26. The van der Waals surface area contributed by atoms with Crippen LogP contribution in [0, 0.1) is 5.92 Å². The van der Waals surface area contributed by atoms with Gasteiger partial charge in [-0.2, -0.15) is 0 Å². The van der Waals surface area contributed by atoms with Crippen LogP contribution in [0.1, 0.15) is 32.1 Å². The lowest BCUT2D eigenvalue weighted by Gasteiger charge is -2.32. The van der Waals surface area contributed by atoms with Crippen LogP contribution >= 0.6 is 0 Å². The first-order chi connectivity index (χ1) is 9.81. The molecule has 116 valence electrons. The zero-order valence-electron chi connectivity index (χ0n) is 12.4. The Labute approximate surface area is 121 Å². The molecule has 0 aromatic heterocycles. The van der Waals surface area contributed by atoms with E-state index in [9.17, 15) is 9.90 Å². The summed E-state index contributed by atoms with van der Waals surface area (Å²) >= 11 is 0. The number of nitrogens with zero attached hydrogens (tertiary/aromatic N) is 2.